The van der Waals surface area contributed by atoms with Crippen molar-refractivity contribution in [2.75, 3.05) is 25.0 Å². The molecule has 82 valence electrons. The number of nitrogens with two attached hydrogens (primary N) is 1. The van der Waals surface area contributed by atoms with Crippen LogP contribution in [0.2, 0.25) is 0 Å². The molecule has 2 heterocycles. The Balaban J connectivity index is 2.40. The Morgan fingerprint density at radius 3 is 2.93 bits per heavy atom. The van der Waals surface area contributed by atoms with Gasteiger partial charge in [0.2, 0.25) is 0 Å². The molecule has 0 saturated heterocycles. The van der Waals surface area contributed by atoms with Crippen LogP contribution in [0.4, 0.5) is 5.82 Å². The van der Waals surface area contributed by atoms with Crippen molar-refractivity contribution in [3.8, 4) is 0 Å². The van der Waals surface area contributed by atoms with Crippen LogP contribution in [0.3, 0.4) is 0 Å². The number of hydrogen-bond donors (Lipinski definition) is 1. The number of aryl methyl sites for hydroxylation is 1. The highest BCUT2D eigenvalue weighted by atomic mass is 16.1. The number of hydrogen-bond acceptors (Lipinski definition) is 3. The molecule has 0 bridgehead atoms. The van der Waals surface area contributed by atoms with Crippen LogP contribution in [0.1, 0.15) is 12.0 Å². The first-order valence-electron chi connectivity index (χ1n) is 5.38. The van der Waals surface area contributed by atoms with Crippen LogP contribution in [-0.4, -0.2) is 24.7 Å². The van der Waals surface area contributed by atoms with Gasteiger partial charge in [0, 0.05) is 26.2 Å². The number of anilines is 1. The summed E-state index contributed by atoms with van der Waals surface area (Å²) in [5, 5.41) is 0. The van der Waals surface area contributed by atoms with Crippen molar-refractivity contribution in [3.05, 3.63) is 28.0 Å². The number of aromatic nitrogens is 1. The lowest BCUT2D eigenvalue weighted by Gasteiger charge is -2.15. The lowest BCUT2D eigenvalue weighted by Crippen LogP contribution is -2.19. The van der Waals surface area contributed by atoms with Gasteiger partial charge < -0.3 is 10.6 Å². The Bertz CT molecular complexity index is 411. The molecule has 2 rings (SSSR count). The molecule has 0 spiro atoms. The average molecular weight is 207 g/mol. The molecular weight excluding hydrogens is 190 g/mol. The van der Waals surface area contributed by atoms with Gasteiger partial charge in [-0.25, -0.2) is 0 Å². The Labute approximate surface area is 89.3 Å². The summed E-state index contributed by atoms with van der Waals surface area (Å²) < 4.78 is 1.85. The van der Waals surface area contributed by atoms with Gasteiger partial charge in [0.1, 0.15) is 5.82 Å². The molecule has 15 heavy (non-hydrogen) atoms. The predicted octanol–water partition coefficient (Wildman–Crippen LogP) is 0.189. The Hall–Kier alpha value is -1.29. The summed E-state index contributed by atoms with van der Waals surface area (Å²) in [7, 11) is 2.03. The molecular formula is C11H17N3O. The maximum absolute atomic E-state index is 11.6. The summed E-state index contributed by atoms with van der Waals surface area (Å²) in [6.45, 7) is 2.43. The first-order valence-corrected chi connectivity index (χ1v) is 5.38. The van der Waals surface area contributed by atoms with Crippen LogP contribution in [0.5, 0.6) is 0 Å². The molecule has 0 saturated carbocycles. The second kappa shape index (κ2) is 4.06. The standard InChI is InChI=1S/C11H17N3O/c1-13-7-8-14-10(15)5-4-9(11(13)14)3-2-6-12/h4-5H,2-3,6-8,12H2,1H3. The van der Waals surface area contributed by atoms with Crippen molar-refractivity contribution < 1.29 is 0 Å². The summed E-state index contributed by atoms with van der Waals surface area (Å²) in [5.74, 6) is 1.08. The van der Waals surface area contributed by atoms with E-state index in [-0.39, 0.29) is 5.56 Å². The number of rotatable bonds is 3. The normalized spacial score (nSPS) is 14.4. The van der Waals surface area contributed by atoms with Gasteiger partial charge in [0.25, 0.3) is 5.56 Å². The van der Waals surface area contributed by atoms with Gasteiger partial charge in [-0.2, -0.15) is 0 Å². The molecule has 0 radical (unpaired) electrons. The Kier molecular flexibility index (Phi) is 2.77. The quantitative estimate of drug-likeness (QED) is 0.769. The number of nitrogens with zero attached hydrogens (tertiary/aromatic N) is 2. The molecule has 0 atom stereocenters. The fraction of sp³-hybridized carbons (Fsp3) is 0.545. The lowest BCUT2D eigenvalue weighted by atomic mass is 10.1. The molecule has 0 unspecified atom stereocenters. The molecule has 2 N–H and O–H groups in total. The van der Waals surface area contributed by atoms with E-state index in [0.717, 1.165) is 31.7 Å². The third-order valence-corrected chi connectivity index (χ3v) is 2.91. The van der Waals surface area contributed by atoms with Crippen LogP contribution in [-0.2, 0) is 13.0 Å². The van der Waals surface area contributed by atoms with Crippen LogP contribution in [0.15, 0.2) is 16.9 Å². The van der Waals surface area contributed by atoms with E-state index in [1.165, 1.54) is 5.56 Å². The van der Waals surface area contributed by atoms with Crippen molar-refractivity contribution in [1.29, 1.82) is 0 Å². The van der Waals surface area contributed by atoms with Gasteiger partial charge >= 0.3 is 0 Å². The maximum Gasteiger partial charge on any atom is 0.252 e. The summed E-state index contributed by atoms with van der Waals surface area (Å²) in [6, 6.07) is 3.60. The Morgan fingerprint density at radius 2 is 2.20 bits per heavy atom. The summed E-state index contributed by atoms with van der Waals surface area (Å²) in [6.07, 6.45) is 1.93. The lowest BCUT2D eigenvalue weighted by molar-refractivity contribution is 0.755. The van der Waals surface area contributed by atoms with Gasteiger partial charge in [-0.15, -0.1) is 0 Å². The van der Waals surface area contributed by atoms with Crippen LogP contribution in [0, 0.1) is 0 Å². The van der Waals surface area contributed by atoms with E-state index in [9.17, 15) is 4.79 Å². The van der Waals surface area contributed by atoms with Crippen LogP contribution < -0.4 is 16.2 Å². The van der Waals surface area contributed by atoms with E-state index in [1.807, 2.05) is 17.7 Å². The van der Waals surface area contributed by atoms with E-state index >= 15 is 0 Å². The third-order valence-electron chi connectivity index (χ3n) is 2.91. The predicted molar refractivity (Wildman–Crippen MR) is 61.3 cm³/mol. The smallest absolute Gasteiger partial charge is 0.252 e. The minimum absolute atomic E-state index is 0.103. The van der Waals surface area contributed by atoms with Gasteiger partial charge in [-0.3, -0.25) is 9.36 Å². The molecule has 0 amide bonds. The number of fused-ring (bicyclic) bond motifs is 1. The maximum atomic E-state index is 11.6. The zero-order chi connectivity index (χ0) is 10.8. The zero-order valence-electron chi connectivity index (χ0n) is 9.07. The molecule has 1 aliphatic heterocycles. The van der Waals surface area contributed by atoms with Crippen LogP contribution in [0.25, 0.3) is 0 Å². The summed E-state index contributed by atoms with van der Waals surface area (Å²) in [4.78, 5) is 13.7. The molecule has 0 fully saturated rings. The fourth-order valence-corrected chi connectivity index (χ4v) is 2.12. The van der Waals surface area contributed by atoms with Crippen molar-refractivity contribution in [2.24, 2.45) is 5.73 Å². The minimum atomic E-state index is 0.103. The fourth-order valence-electron chi connectivity index (χ4n) is 2.12. The van der Waals surface area contributed by atoms with Gasteiger partial charge in [-0.05, 0) is 31.0 Å². The number of pyridine rings is 1. The molecule has 1 aliphatic rings. The molecule has 1 aromatic heterocycles. The van der Waals surface area contributed by atoms with Crippen molar-refractivity contribution in [1.82, 2.24) is 4.57 Å². The SMILES string of the molecule is CN1CCn2c1c(CCCN)ccc2=O. The first kappa shape index (κ1) is 10.2. The second-order valence-corrected chi connectivity index (χ2v) is 3.99. The highest BCUT2D eigenvalue weighted by molar-refractivity contribution is 5.49. The molecule has 0 aromatic carbocycles. The first-order chi connectivity index (χ1) is 7.24. The molecule has 4 heteroatoms. The van der Waals surface area contributed by atoms with E-state index in [2.05, 4.69) is 4.90 Å². The van der Waals surface area contributed by atoms with Gasteiger partial charge in [0.15, 0.2) is 0 Å². The van der Waals surface area contributed by atoms with Crippen molar-refractivity contribution in [2.45, 2.75) is 19.4 Å². The van der Waals surface area contributed by atoms with E-state index < -0.39 is 0 Å². The van der Waals surface area contributed by atoms with E-state index in [1.54, 1.807) is 6.07 Å². The van der Waals surface area contributed by atoms with Gasteiger partial charge in [0.05, 0.1) is 0 Å². The average Bonchev–Trinajstić information content (AvgIpc) is 2.61. The van der Waals surface area contributed by atoms with Gasteiger partial charge in [-0.1, -0.05) is 0 Å². The zero-order valence-corrected chi connectivity index (χ0v) is 9.07. The topological polar surface area (TPSA) is 51.3 Å². The van der Waals surface area contributed by atoms with Crippen molar-refractivity contribution >= 4 is 5.82 Å². The monoisotopic (exact) mass is 207 g/mol. The highest BCUT2D eigenvalue weighted by Crippen LogP contribution is 2.23. The second-order valence-electron chi connectivity index (χ2n) is 3.99. The number of likely N-dealkylation sites (N-methyl/N-ethyl adjacent to an activating group) is 1. The Morgan fingerprint density at radius 1 is 1.40 bits per heavy atom. The summed E-state index contributed by atoms with van der Waals surface area (Å²) >= 11 is 0. The largest absolute Gasteiger partial charge is 0.359 e. The summed E-state index contributed by atoms with van der Waals surface area (Å²) in [5.41, 5.74) is 6.84. The minimum Gasteiger partial charge on any atom is -0.359 e. The van der Waals surface area contributed by atoms with E-state index in [4.69, 9.17) is 5.73 Å². The molecule has 4 nitrogen and oxygen atoms in total. The van der Waals surface area contributed by atoms with Crippen LogP contribution >= 0.6 is 0 Å². The highest BCUT2D eigenvalue weighted by Gasteiger charge is 2.19. The molecule has 1 aromatic rings. The third kappa shape index (κ3) is 1.77. The molecule has 0 aliphatic carbocycles. The van der Waals surface area contributed by atoms with Crippen molar-refractivity contribution in [3.63, 3.8) is 0 Å². The van der Waals surface area contributed by atoms with E-state index in [0.29, 0.717) is 6.54 Å².